The summed E-state index contributed by atoms with van der Waals surface area (Å²) in [5.74, 6) is -2.43. The number of ether oxygens (including phenoxy) is 1. The molecule has 7 unspecified atom stereocenters. The van der Waals surface area contributed by atoms with Gasteiger partial charge in [0.15, 0.2) is 0 Å². The van der Waals surface area contributed by atoms with E-state index in [0.717, 1.165) is 24.8 Å². The molecule has 4 heterocycles. The van der Waals surface area contributed by atoms with Crippen molar-refractivity contribution < 1.29 is 52.7 Å². The third kappa shape index (κ3) is 14.2. The number of esters is 1. The molecule has 2 saturated heterocycles. The number of imide groups is 1. The third-order valence-corrected chi connectivity index (χ3v) is 17.1. The number of nitrogens with zero attached hydrogens (tertiary/aromatic N) is 7. The smallest absolute Gasteiger partial charge is 0.463 e. The molecule has 80 heavy (non-hydrogen) atoms. The monoisotopic (exact) mass is 1100 g/mol. The van der Waals surface area contributed by atoms with E-state index >= 15 is 0 Å². The molecule has 6 amide bonds. The Hall–Kier alpha value is -6.39. The number of aliphatic hydroxyl groups is 1. The summed E-state index contributed by atoms with van der Waals surface area (Å²) in [7, 11) is -0.877. The topological polar surface area (TPSA) is 266 Å². The summed E-state index contributed by atoms with van der Waals surface area (Å²) in [6.07, 6.45) is 18.4. The van der Waals surface area contributed by atoms with Crippen molar-refractivity contribution in [3.05, 3.63) is 84.2 Å². The molecule has 0 spiro atoms. The maximum atomic E-state index is 14.4. The molecule has 4 fully saturated rings. The molecular weight excluding hydrogens is 1020 g/mol. The Kier molecular flexibility index (Phi) is 20.1. The van der Waals surface area contributed by atoms with E-state index < -0.39 is 47.5 Å². The quantitative estimate of drug-likeness (QED) is 0.0231. The van der Waals surface area contributed by atoms with Crippen LogP contribution >= 0.6 is 0 Å². The third-order valence-electron chi connectivity index (χ3n) is 17.1. The molecule has 2 aromatic heterocycles. The fourth-order valence-electron chi connectivity index (χ4n) is 12.8. The van der Waals surface area contributed by atoms with Gasteiger partial charge in [0, 0.05) is 64.3 Å². The maximum Gasteiger partial charge on any atom is 0.482 e. The molecule has 8 atom stereocenters. The van der Waals surface area contributed by atoms with Gasteiger partial charge in [-0.15, -0.1) is 5.10 Å². The molecule has 22 heteroatoms. The maximum absolute atomic E-state index is 14.4. The first-order valence-electron chi connectivity index (χ1n) is 28.9. The normalized spacial score (nSPS) is 24.1. The number of unbranched alkanes of at least 4 members (excludes halogenated alkanes) is 4. The van der Waals surface area contributed by atoms with Crippen LogP contribution in [-0.2, 0) is 62.3 Å². The summed E-state index contributed by atoms with van der Waals surface area (Å²) in [6.45, 7) is 11.4. The average molecular weight is 1110 g/mol. The van der Waals surface area contributed by atoms with Crippen molar-refractivity contribution in [2.45, 2.75) is 167 Å². The van der Waals surface area contributed by atoms with Gasteiger partial charge >= 0.3 is 13.1 Å². The standard InChI is InChI=1S/C58H81BN10O11/c1-39(2)32-46(64-52(74)44(33-40-16-9-6-10-17-40)63-53(75)45-35-60-25-26-61-45)59-79-57(5)24-15-23-56(3,4)58(57,80-59)38-78-49(73)19-12-8-13-28-68-37-43(65-66-68)36-67(30-22-47(71)62-27-31-70)48(72)18-11-7-14-29-69-54(76)50-41-20-21-42(34-41)51(50)55(69)77/h6,9-10,16-17,20-21,25-26,35,37,39,41-42,44,46,50-51,70H,7-8,11-15,18-19,22-24,27-34,36,38H2,1-5H3,(H,62,71)(H,63,75)(H,64,74)/t41?,42?,44-,46?,50?,51?,57?,58?/m0/s1. The first-order valence-corrected chi connectivity index (χ1v) is 28.9. The average Bonchev–Trinajstić information content (AvgIpc) is 4.39. The number of aliphatic hydroxyl groups excluding tert-OH is 1. The molecule has 4 N–H and O–H groups in total. The zero-order valence-corrected chi connectivity index (χ0v) is 47.2. The predicted molar refractivity (Wildman–Crippen MR) is 294 cm³/mol. The van der Waals surface area contributed by atoms with E-state index in [-0.39, 0.29) is 123 Å². The highest BCUT2D eigenvalue weighted by molar-refractivity contribution is 6.48. The molecule has 8 rings (SSSR count). The van der Waals surface area contributed by atoms with Gasteiger partial charge in [-0.2, -0.15) is 0 Å². The minimum atomic E-state index is -1.03. The number of fused-ring (bicyclic) bond motifs is 6. The summed E-state index contributed by atoms with van der Waals surface area (Å²) in [4.78, 5) is 105. The highest BCUT2D eigenvalue weighted by Gasteiger charge is 2.69. The first kappa shape index (κ1) is 59.7. The van der Waals surface area contributed by atoms with Crippen LogP contribution in [0.3, 0.4) is 0 Å². The van der Waals surface area contributed by atoms with Gasteiger partial charge in [0.25, 0.3) is 5.91 Å². The van der Waals surface area contributed by atoms with E-state index in [1.165, 1.54) is 23.5 Å². The van der Waals surface area contributed by atoms with Crippen LogP contribution in [0, 0.1) is 35.0 Å². The number of aromatic nitrogens is 5. The fraction of sp³-hybridized carbons (Fsp3) is 0.638. The van der Waals surface area contributed by atoms with Gasteiger partial charge in [-0.05, 0) is 93.4 Å². The summed E-state index contributed by atoms with van der Waals surface area (Å²) in [5, 5.41) is 26.5. The van der Waals surface area contributed by atoms with Gasteiger partial charge in [-0.25, -0.2) is 4.98 Å². The van der Waals surface area contributed by atoms with Crippen molar-refractivity contribution in [2.75, 3.05) is 32.8 Å². The number of carbonyl (C=O) groups is 7. The lowest BCUT2D eigenvalue weighted by molar-refractivity contribution is -0.187. The van der Waals surface area contributed by atoms with Crippen molar-refractivity contribution in [3.8, 4) is 0 Å². The van der Waals surface area contributed by atoms with Gasteiger partial charge in [0.1, 0.15) is 29.6 Å². The minimum absolute atomic E-state index is 0.0315. The molecular formula is C58H81BN10O11. The molecule has 432 valence electrons. The van der Waals surface area contributed by atoms with Crippen LogP contribution in [0.4, 0.5) is 0 Å². The van der Waals surface area contributed by atoms with E-state index in [9.17, 15) is 33.6 Å². The SMILES string of the molecule is CC(C)CC(NC(=O)[C@H](Cc1ccccc1)NC(=O)c1cnccn1)B1OC2(C)CCCC(C)(C)C2(COC(=O)CCCCCn2cc(CN(CCC(=O)NCCO)C(=O)CCCCCN3C(=O)C4C5C=CC(C5)C4C3=O)nn2)O1. The molecule has 1 aromatic carbocycles. The van der Waals surface area contributed by atoms with E-state index in [4.69, 9.17) is 19.2 Å². The van der Waals surface area contributed by atoms with Crippen LogP contribution in [0.15, 0.2) is 67.3 Å². The lowest BCUT2D eigenvalue weighted by Gasteiger charge is -2.55. The summed E-state index contributed by atoms with van der Waals surface area (Å²) >= 11 is 0. The number of rotatable bonds is 30. The minimum Gasteiger partial charge on any atom is -0.463 e. The van der Waals surface area contributed by atoms with Crippen molar-refractivity contribution in [2.24, 2.45) is 35.0 Å². The Morgan fingerprint density at radius 3 is 2.31 bits per heavy atom. The second-order valence-corrected chi connectivity index (χ2v) is 23.7. The Labute approximate surface area is 469 Å². The predicted octanol–water partition coefficient (Wildman–Crippen LogP) is 4.72. The Balaban J connectivity index is 0.805. The fourth-order valence-corrected chi connectivity index (χ4v) is 12.8. The number of nitrogens with one attached hydrogen (secondary N) is 3. The lowest BCUT2D eigenvalue weighted by atomic mass is 9.59. The Morgan fingerprint density at radius 2 is 1.61 bits per heavy atom. The summed E-state index contributed by atoms with van der Waals surface area (Å²) < 4.78 is 21.8. The van der Waals surface area contributed by atoms with Crippen molar-refractivity contribution >= 4 is 48.5 Å². The second-order valence-electron chi connectivity index (χ2n) is 23.7. The van der Waals surface area contributed by atoms with E-state index in [2.05, 4.69) is 76.1 Å². The number of hydrogen-bond donors (Lipinski definition) is 4. The number of amides is 6. The first-order chi connectivity index (χ1) is 38.4. The number of hydrogen-bond acceptors (Lipinski definition) is 15. The number of aryl methyl sites for hydroxylation is 1. The van der Waals surface area contributed by atoms with Crippen LogP contribution in [-0.4, -0.2) is 144 Å². The largest absolute Gasteiger partial charge is 0.482 e. The molecule has 0 radical (unpaired) electrons. The van der Waals surface area contributed by atoms with Crippen LogP contribution in [0.5, 0.6) is 0 Å². The van der Waals surface area contributed by atoms with Crippen LogP contribution in [0.25, 0.3) is 0 Å². The van der Waals surface area contributed by atoms with Gasteiger partial charge in [-0.3, -0.25) is 48.1 Å². The zero-order chi connectivity index (χ0) is 57.0. The van der Waals surface area contributed by atoms with Crippen molar-refractivity contribution in [1.29, 1.82) is 0 Å². The Bertz CT molecular complexity index is 2650. The number of benzene rings is 1. The molecule has 5 aliphatic rings. The summed E-state index contributed by atoms with van der Waals surface area (Å²) in [6, 6.07) is 8.50. The molecule has 3 aromatic rings. The van der Waals surface area contributed by atoms with Crippen molar-refractivity contribution in [1.82, 2.24) is 50.7 Å². The van der Waals surface area contributed by atoms with Crippen LogP contribution < -0.4 is 16.0 Å². The number of carbonyl (C=O) groups excluding carboxylic acids is 7. The summed E-state index contributed by atoms with van der Waals surface area (Å²) in [5.41, 5.74) is -0.852. The van der Waals surface area contributed by atoms with E-state index in [0.29, 0.717) is 70.2 Å². The number of allylic oxidation sites excluding steroid dienone is 2. The zero-order valence-electron chi connectivity index (χ0n) is 47.2. The van der Waals surface area contributed by atoms with Gasteiger partial charge in [0.05, 0.1) is 48.9 Å². The van der Waals surface area contributed by atoms with Gasteiger partial charge in [0.2, 0.25) is 29.5 Å². The molecule has 21 nitrogen and oxygen atoms in total. The molecule has 2 aliphatic heterocycles. The van der Waals surface area contributed by atoms with Gasteiger partial charge < -0.3 is 40.0 Å². The van der Waals surface area contributed by atoms with Crippen LogP contribution in [0.1, 0.15) is 146 Å². The second kappa shape index (κ2) is 26.9. The lowest BCUT2D eigenvalue weighted by Crippen LogP contribution is -2.64. The van der Waals surface area contributed by atoms with Gasteiger partial charge in [-0.1, -0.05) is 88.2 Å². The van der Waals surface area contributed by atoms with E-state index in [1.54, 1.807) is 15.8 Å². The highest BCUT2D eigenvalue weighted by atomic mass is 16.7. The van der Waals surface area contributed by atoms with Crippen molar-refractivity contribution in [3.63, 3.8) is 0 Å². The highest BCUT2D eigenvalue weighted by Crippen LogP contribution is 2.57. The molecule has 2 bridgehead atoms. The Morgan fingerprint density at radius 1 is 0.887 bits per heavy atom. The molecule has 2 saturated carbocycles. The van der Waals surface area contributed by atoms with Crippen LogP contribution in [0.2, 0.25) is 0 Å². The molecule has 3 aliphatic carbocycles. The number of likely N-dealkylation sites (tertiary alicyclic amines) is 1. The van der Waals surface area contributed by atoms with E-state index in [1.807, 2.05) is 37.3 Å².